The minimum absolute atomic E-state index is 0.583. The first-order valence-electron chi connectivity index (χ1n) is 5.80. The smallest absolute Gasteiger partial charge is 0.131 e. The summed E-state index contributed by atoms with van der Waals surface area (Å²) in [4.78, 5) is 4.57. The summed E-state index contributed by atoms with van der Waals surface area (Å²) in [5.41, 5.74) is 7.67. The van der Waals surface area contributed by atoms with Crippen molar-refractivity contribution in [2.24, 2.45) is 7.05 Å². The van der Waals surface area contributed by atoms with Crippen molar-refractivity contribution in [3.63, 3.8) is 0 Å². The highest BCUT2D eigenvalue weighted by Crippen LogP contribution is 2.30. The Hall–Kier alpha value is -1.19. The molecule has 0 spiro atoms. The number of nitrogens with zero attached hydrogens (tertiary/aromatic N) is 2. The molecule has 1 heterocycles. The van der Waals surface area contributed by atoms with E-state index in [0.717, 1.165) is 29.9 Å². The first-order valence-corrected chi connectivity index (χ1v) is 6.56. The lowest BCUT2D eigenvalue weighted by Crippen LogP contribution is -2.01. The lowest BCUT2D eigenvalue weighted by atomic mass is 10.1. The lowest BCUT2D eigenvalue weighted by Gasteiger charge is -2.02. The molecule has 2 aromatic rings. The average Bonchev–Trinajstić information content (AvgIpc) is 2.57. The third-order valence-corrected chi connectivity index (χ3v) is 3.28. The zero-order valence-electron chi connectivity index (χ0n) is 10.4. The summed E-state index contributed by atoms with van der Waals surface area (Å²) in [6.07, 6.45) is 1.93. The van der Waals surface area contributed by atoms with Crippen LogP contribution in [0.3, 0.4) is 0 Å². The van der Waals surface area contributed by atoms with Crippen LogP contribution >= 0.6 is 23.2 Å². The quantitative estimate of drug-likeness (QED) is 0.928. The fourth-order valence-electron chi connectivity index (χ4n) is 1.91. The summed E-state index contributed by atoms with van der Waals surface area (Å²) in [7, 11) is 1.92. The van der Waals surface area contributed by atoms with E-state index in [2.05, 4.69) is 11.9 Å². The molecule has 18 heavy (non-hydrogen) atoms. The van der Waals surface area contributed by atoms with Gasteiger partial charge in [-0.3, -0.25) is 0 Å². The average molecular weight is 284 g/mol. The van der Waals surface area contributed by atoms with Crippen LogP contribution in [0.4, 0.5) is 5.82 Å². The Kier molecular flexibility index (Phi) is 3.83. The monoisotopic (exact) mass is 283 g/mol. The van der Waals surface area contributed by atoms with Crippen LogP contribution in [0.25, 0.3) is 11.3 Å². The Bertz CT molecular complexity index is 556. The second-order valence-electron chi connectivity index (χ2n) is 4.23. The molecule has 1 aromatic carbocycles. The Morgan fingerprint density at radius 3 is 2.39 bits per heavy atom. The molecule has 0 aliphatic heterocycles. The van der Waals surface area contributed by atoms with Crippen molar-refractivity contribution in [3.05, 3.63) is 34.1 Å². The lowest BCUT2D eigenvalue weighted by molar-refractivity contribution is 0.764. The van der Waals surface area contributed by atoms with Crippen LogP contribution in [-0.4, -0.2) is 9.55 Å². The van der Waals surface area contributed by atoms with Gasteiger partial charge in [0.2, 0.25) is 0 Å². The van der Waals surface area contributed by atoms with Crippen LogP contribution in [0.15, 0.2) is 18.2 Å². The fourth-order valence-corrected chi connectivity index (χ4v) is 2.44. The van der Waals surface area contributed by atoms with E-state index in [0.29, 0.717) is 15.9 Å². The maximum atomic E-state index is 6.08. The maximum Gasteiger partial charge on any atom is 0.131 e. The molecule has 3 nitrogen and oxygen atoms in total. The largest absolute Gasteiger partial charge is 0.383 e. The molecule has 0 atom stereocenters. The topological polar surface area (TPSA) is 43.8 Å². The summed E-state index contributed by atoms with van der Waals surface area (Å²) in [6.45, 7) is 2.11. The number of hydrogen-bond acceptors (Lipinski definition) is 2. The predicted octanol–water partition coefficient (Wildman–Crippen LogP) is 3.93. The van der Waals surface area contributed by atoms with E-state index in [1.165, 1.54) is 0 Å². The molecule has 96 valence electrons. The summed E-state index contributed by atoms with van der Waals surface area (Å²) in [5.74, 6) is 1.61. The summed E-state index contributed by atoms with van der Waals surface area (Å²) in [5, 5.41) is 1.17. The van der Waals surface area contributed by atoms with Gasteiger partial charge in [0.25, 0.3) is 0 Å². The molecule has 0 bridgehead atoms. The summed E-state index contributed by atoms with van der Waals surface area (Å²) < 4.78 is 1.91. The van der Waals surface area contributed by atoms with Crippen molar-refractivity contribution in [1.29, 1.82) is 0 Å². The van der Waals surface area contributed by atoms with Crippen molar-refractivity contribution < 1.29 is 0 Å². The van der Waals surface area contributed by atoms with E-state index < -0.39 is 0 Å². The fraction of sp³-hybridized carbons (Fsp3) is 0.308. The number of halogens is 2. The van der Waals surface area contributed by atoms with Crippen LogP contribution in [0.2, 0.25) is 10.0 Å². The molecule has 0 saturated heterocycles. The van der Waals surface area contributed by atoms with Crippen LogP contribution in [0.5, 0.6) is 0 Å². The first kappa shape index (κ1) is 13.2. The van der Waals surface area contributed by atoms with Crippen molar-refractivity contribution in [1.82, 2.24) is 9.55 Å². The predicted molar refractivity (Wildman–Crippen MR) is 77.1 cm³/mol. The Morgan fingerprint density at radius 1 is 1.22 bits per heavy atom. The molecular weight excluding hydrogens is 269 g/mol. The Balaban J connectivity index is 2.53. The van der Waals surface area contributed by atoms with E-state index in [1.807, 2.05) is 23.7 Å². The van der Waals surface area contributed by atoms with Crippen LogP contribution in [0, 0.1) is 0 Å². The molecule has 0 aliphatic rings. The number of aromatic nitrogens is 2. The van der Waals surface area contributed by atoms with E-state index >= 15 is 0 Å². The second-order valence-corrected chi connectivity index (χ2v) is 5.10. The van der Waals surface area contributed by atoms with Gasteiger partial charge < -0.3 is 10.3 Å². The normalized spacial score (nSPS) is 10.9. The van der Waals surface area contributed by atoms with E-state index in [1.54, 1.807) is 6.07 Å². The van der Waals surface area contributed by atoms with Crippen molar-refractivity contribution >= 4 is 29.0 Å². The van der Waals surface area contributed by atoms with Crippen molar-refractivity contribution in [2.75, 3.05) is 5.73 Å². The van der Waals surface area contributed by atoms with Crippen LogP contribution < -0.4 is 5.73 Å². The number of rotatable bonds is 3. The van der Waals surface area contributed by atoms with Gasteiger partial charge in [0.1, 0.15) is 17.3 Å². The maximum absolute atomic E-state index is 6.08. The highest BCUT2D eigenvalue weighted by Gasteiger charge is 2.14. The van der Waals surface area contributed by atoms with Crippen LogP contribution in [0.1, 0.15) is 19.2 Å². The number of aryl methyl sites for hydroxylation is 1. The number of nitrogens with two attached hydrogens (primary N) is 1. The SMILES string of the molecule is CCCc1nc(-c2cc(Cl)cc(Cl)c2)c(N)n1C. The zero-order chi connectivity index (χ0) is 13.3. The summed E-state index contributed by atoms with van der Waals surface area (Å²) >= 11 is 12.0. The number of imidazole rings is 1. The van der Waals surface area contributed by atoms with Crippen molar-refractivity contribution in [3.8, 4) is 11.3 Å². The van der Waals surface area contributed by atoms with E-state index in [4.69, 9.17) is 28.9 Å². The molecular formula is C13H15Cl2N3. The van der Waals surface area contributed by atoms with Crippen LogP contribution in [-0.2, 0) is 13.5 Å². The van der Waals surface area contributed by atoms with E-state index in [-0.39, 0.29) is 0 Å². The Labute approximate surface area is 117 Å². The molecule has 0 radical (unpaired) electrons. The van der Waals surface area contributed by atoms with Crippen molar-refractivity contribution in [2.45, 2.75) is 19.8 Å². The molecule has 2 N–H and O–H groups in total. The van der Waals surface area contributed by atoms with Gasteiger partial charge in [-0.15, -0.1) is 0 Å². The molecule has 0 unspecified atom stereocenters. The Morgan fingerprint density at radius 2 is 1.83 bits per heavy atom. The van der Waals surface area contributed by atoms with Gasteiger partial charge in [-0.25, -0.2) is 4.98 Å². The molecule has 5 heteroatoms. The molecule has 1 aromatic heterocycles. The minimum atomic E-state index is 0.583. The van der Waals surface area contributed by atoms with E-state index in [9.17, 15) is 0 Å². The zero-order valence-corrected chi connectivity index (χ0v) is 11.9. The minimum Gasteiger partial charge on any atom is -0.383 e. The standard InChI is InChI=1S/C13H15Cl2N3/c1-3-4-11-17-12(13(16)18(11)2)8-5-9(14)7-10(15)6-8/h5-7H,3-4,16H2,1-2H3. The molecule has 0 saturated carbocycles. The third-order valence-electron chi connectivity index (χ3n) is 2.84. The van der Waals surface area contributed by atoms with Gasteiger partial charge in [0, 0.05) is 29.1 Å². The van der Waals surface area contributed by atoms with Gasteiger partial charge in [-0.05, 0) is 24.6 Å². The van der Waals surface area contributed by atoms with Gasteiger partial charge in [-0.1, -0.05) is 30.1 Å². The van der Waals surface area contributed by atoms with Gasteiger partial charge in [0.15, 0.2) is 0 Å². The second kappa shape index (κ2) is 5.21. The number of anilines is 1. The number of nitrogen functional groups attached to an aromatic ring is 1. The highest BCUT2D eigenvalue weighted by molar-refractivity contribution is 6.35. The molecule has 0 fully saturated rings. The summed E-state index contributed by atoms with van der Waals surface area (Å²) in [6, 6.07) is 5.34. The van der Waals surface area contributed by atoms with Gasteiger partial charge in [-0.2, -0.15) is 0 Å². The number of hydrogen-bond donors (Lipinski definition) is 1. The first-order chi connectivity index (χ1) is 8.52. The highest BCUT2D eigenvalue weighted by atomic mass is 35.5. The molecule has 0 aliphatic carbocycles. The number of benzene rings is 1. The molecule has 0 amide bonds. The molecule has 2 rings (SSSR count). The van der Waals surface area contributed by atoms with Gasteiger partial charge in [0.05, 0.1) is 0 Å². The van der Waals surface area contributed by atoms with Gasteiger partial charge >= 0.3 is 0 Å². The third kappa shape index (κ3) is 2.47.